The molecule has 3 nitrogen and oxygen atoms in total. The summed E-state index contributed by atoms with van der Waals surface area (Å²) in [7, 11) is 0. The van der Waals surface area contributed by atoms with Gasteiger partial charge >= 0.3 is 0 Å². The average molecular weight is 1020 g/mol. The fourth-order valence-corrected chi connectivity index (χ4v) is 14.1. The molecule has 4 aliphatic rings. The third-order valence-corrected chi connectivity index (χ3v) is 18.7. The number of fused-ring (bicyclic) bond motifs is 7. The van der Waals surface area contributed by atoms with Crippen molar-refractivity contribution in [2.24, 2.45) is 0 Å². The SMILES string of the molecule is CC(C)(C)c1ccc2c(c1)B1c3cc(-c4ccccc4)ccc3N(c3ccc(C(C)(C)C)cc3-c3ccccc3)c3cc(N4c5ccccc5C5(C)CCCCC45C)cc(c31)N2c1ccc(C(C)(C)C)cc1-c1ccccc1. The zero-order chi connectivity index (χ0) is 54.1. The molecule has 0 aromatic heterocycles. The minimum absolute atomic E-state index is 0.0280. The number of rotatable bonds is 6. The summed E-state index contributed by atoms with van der Waals surface area (Å²) in [6, 6.07) is 77.4. The van der Waals surface area contributed by atoms with Gasteiger partial charge in [0.2, 0.25) is 0 Å². The topological polar surface area (TPSA) is 9.72 Å². The zero-order valence-electron chi connectivity index (χ0n) is 47.8. The van der Waals surface area contributed by atoms with Gasteiger partial charge in [-0.15, -0.1) is 0 Å². The van der Waals surface area contributed by atoms with E-state index in [1.165, 1.54) is 130 Å². The fraction of sp³-hybridized carbons (Fsp3) is 0.270. The van der Waals surface area contributed by atoms with E-state index in [4.69, 9.17) is 0 Å². The molecule has 3 heterocycles. The maximum Gasteiger partial charge on any atom is 0.252 e. The summed E-state index contributed by atoms with van der Waals surface area (Å²) in [4.78, 5) is 8.17. The number of benzene rings is 9. The Morgan fingerprint density at radius 2 is 0.808 bits per heavy atom. The van der Waals surface area contributed by atoms with Crippen molar-refractivity contribution in [1.82, 2.24) is 0 Å². The Morgan fingerprint density at radius 3 is 1.33 bits per heavy atom. The Kier molecular flexibility index (Phi) is 11.5. The van der Waals surface area contributed by atoms with Crippen LogP contribution in [0.3, 0.4) is 0 Å². The van der Waals surface area contributed by atoms with Gasteiger partial charge in [-0.3, -0.25) is 0 Å². The highest BCUT2D eigenvalue weighted by Crippen LogP contribution is 2.62. The molecule has 9 aromatic rings. The van der Waals surface area contributed by atoms with Gasteiger partial charge in [-0.1, -0.05) is 228 Å². The van der Waals surface area contributed by atoms with Gasteiger partial charge in [0.05, 0.1) is 16.9 Å². The molecular formula is C74H74BN3. The van der Waals surface area contributed by atoms with Crippen molar-refractivity contribution in [1.29, 1.82) is 0 Å². The largest absolute Gasteiger partial charge is 0.334 e. The van der Waals surface area contributed by atoms with Crippen LogP contribution < -0.4 is 31.1 Å². The smallest absolute Gasteiger partial charge is 0.252 e. The molecule has 0 radical (unpaired) electrons. The van der Waals surface area contributed by atoms with E-state index in [-0.39, 0.29) is 33.9 Å². The summed E-state index contributed by atoms with van der Waals surface area (Å²) in [5.74, 6) is 0. The van der Waals surface area contributed by atoms with Gasteiger partial charge in [0.25, 0.3) is 6.71 Å². The molecule has 0 saturated heterocycles. The summed E-state index contributed by atoms with van der Waals surface area (Å²) >= 11 is 0. The summed E-state index contributed by atoms with van der Waals surface area (Å²) in [6.07, 6.45) is 4.72. The van der Waals surface area contributed by atoms with Gasteiger partial charge in [-0.25, -0.2) is 0 Å². The highest BCUT2D eigenvalue weighted by molar-refractivity contribution is 7.00. The van der Waals surface area contributed by atoms with Crippen LogP contribution >= 0.6 is 0 Å². The molecule has 4 heteroatoms. The van der Waals surface area contributed by atoms with E-state index >= 15 is 0 Å². The molecule has 1 aliphatic carbocycles. The second kappa shape index (κ2) is 18.0. The van der Waals surface area contributed by atoms with Crippen molar-refractivity contribution in [3.8, 4) is 33.4 Å². The first-order valence-corrected chi connectivity index (χ1v) is 28.8. The molecule has 388 valence electrons. The number of hydrogen-bond donors (Lipinski definition) is 0. The molecule has 0 bridgehead atoms. The summed E-state index contributed by atoms with van der Waals surface area (Å²) < 4.78 is 0. The molecule has 1 fully saturated rings. The Bertz CT molecular complexity index is 3780. The molecule has 0 N–H and O–H groups in total. The standard InChI is InChI=1S/C74H74BN3/c1-70(2,3)53-34-38-62(57(44-53)50-27-17-13-18-28-50)76-65-37-33-52(49-25-15-12-16-26-49)43-60(65)75-61-46-55(72(7,8)9)36-40-66(61)77(63-39-35-54(71(4,5)6)45-58(63)51-29-19-14-20-30-51)68-48-56(47-67(76)69(68)75)78-64-32-22-21-31-59(64)73(10)41-23-24-42-74(73,78)11/h12-22,25-40,43-48H,23-24,41-42H2,1-11H3. The highest BCUT2D eigenvalue weighted by Gasteiger charge is 2.58. The summed E-state index contributed by atoms with van der Waals surface area (Å²) in [5, 5.41) is 0. The lowest BCUT2D eigenvalue weighted by Crippen LogP contribution is -2.62. The van der Waals surface area contributed by atoms with E-state index in [2.05, 4.69) is 291 Å². The Hall–Kier alpha value is -7.56. The third kappa shape index (κ3) is 7.83. The van der Waals surface area contributed by atoms with Gasteiger partial charge in [0.15, 0.2) is 0 Å². The lowest BCUT2D eigenvalue weighted by molar-refractivity contribution is 0.195. The minimum atomic E-state index is -0.163. The van der Waals surface area contributed by atoms with Gasteiger partial charge in [-0.05, 0) is 152 Å². The molecule has 0 spiro atoms. The zero-order valence-corrected chi connectivity index (χ0v) is 47.8. The first-order valence-electron chi connectivity index (χ1n) is 28.8. The van der Waals surface area contributed by atoms with Crippen LogP contribution in [0, 0.1) is 0 Å². The van der Waals surface area contributed by atoms with Crippen molar-refractivity contribution in [3.05, 3.63) is 222 Å². The van der Waals surface area contributed by atoms with E-state index < -0.39 is 0 Å². The monoisotopic (exact) mass is 1020 g/mol. The Labute approximate surface area is 465 Å². The van der Waals surface area contributed by atoms with Crippen LogP contribution in [0.2, 0.25) is 0 Å². The quantitative estimate of drug-likeness (QED) is 0.154. The highest BCUT2D eigenvalue weighted by atomic mass is 15.3. The van der Waals surface area contributed by atoms with Crippen molar-refractivity contribution in [3.63, 3.8) is 0 Å². The molecular weight excluding hydrogens is 942 g/mol. The third-order valence-electron chi connectivity index (χ3n) is 18.7. The number of nitrogens with zero attached hydrogens (tertiary/aromatic N) is 3. The number of anilines is 8. The molecule has 9 aromatic carbocycles. The van der Waals surface area contributed by atoms with Gasteiger partial charge < -0.3 is 14.7 Å². The van der Waals surface area contributed by atoms with Crippen molar-refractivity contribution >= 4 is 68.6 Å². The van der Waals surface area contributed by atoms with E-state index in [1.807, 2.05) is 0 Å². The van der Waals surface area contributed by atoms with Crippen LogP contribution in [0.1, 0.15) is 124 Å². The minimum Gasteiger partial charge on any atom is -0.334 e. The van der Waals surface area contributed by atoms with E-state index in [0.29, 0.717) is 0 Å². The summed E-state index contributed by atoms with van der Waals surface area (Å²) in [6.45, 7) is 26.2. The number of para-hydroxylation sites is 1. The predicted octanol–water partition coefficient (Wildman–Crippen LogP) is 18.4. The fourth-order valence-electron chi connectivity index (χ4n) is 14.1. The molecule has 1 saturated carbocycles. The Balaban J connectivity index is 1.20. The van der Waals surface area contributed by atoms with E-state index in [9.17, 15) is 0 Å². The van der Waals surface area contributed by atoms with E-state index in [0.717, 1.165) is 12.8 Å². The van der Waals surface area contributed by atoms with E-state index in [1.54, 1.807) is 0 Å². The second-order valence-corrected chi connectivity index (χ2v) is 26.5. The summed E-state index contributed by atoms with van der Waals surface area (Å²) in [5.41, 5.74) is 26.2. The lowest BCUT2D eigenvalue weighted by atomic mass is 9.33. The van der Waals surface area contributed by atoms with Crippen molar-refractivity contribution in [2.45, 2.75) is 129 Å². The normalized spacial score (nSPS) is 18.5. The molecule has 0 amide bonds. The molecule has 3 aliphatic heterocycles. The van der Waals surface area contributed by atoms with Gasteiger partial charge in [0, 0.05) is 50.7 Å². The van der Waals surface area contributed by atoms with Crippen LogP contribution in [0.25, 0.3) is 33.4 Å². The number of hydrogen-bond acceptors (Lipinski definition) is 3. The molecule has 2 atom stereocenters. The lowest BCUT2D eigenvalue weighted by Gasteiger charge is -2.51. The molecule has 78 heavy (non-hydrogen) atoms. The first kappa shape index (κ1) is 50.0. The molecule has 13 rings (SSSR count). The maximum absolute atomic E-state index is 2.80. The van der Waals surface area contributed by atoms with Crippen molar-refractivity contribution in [2.75, 3.05) is 14.7 Å². The first-order chi connectivity index (χ1) is 37.3. The Morgan fingerprint density at radius 1 is 0.372 bits per heavy atom. The van der Waals surface area contributed by atoms with Crippen LogP contribution in [-0.4, -0.2) is 12.3 Å². The van der Waals surface area contributed by atoms with Crippen LogP contribution in [0.4, 0.5) is 45.5 Å². The van der Waals surface area contributed by atoms with Gasteiger partial charge in [-0.2, -0.15) is 0 Å². The predicted molar refractivity (Wildman–Crippen MR) is 336 cm³/mol. The molecule has 2 unspecified atom stereocenters. The van der Waals surface area contributed by atoms with Crippen LogP contribution in [0.5, 0.6) is 0 Å². The van der Waals surface area contributed by atoms with Crippen molar-refractivity contribution < 1.29 is 0 Å². The van der Waals surface area contributed by atoms with Gasteiger partial charge in [0.1, 0.15) is 0 Å². The maximum atomic E-state index is 2.80. The second-order valence-electron chi connectivity index (χ2n) is 26.5. The van der Waals surface area contributed by atoms with Crippen LogP contribution in [-0.2, 0) is 21.7 Å². The van der Waals surface area contributed by atoms with Crippen LogP contribution in [0.15, 0.2) is 200 Å². The average Bonchev–Trinajstić information content (AvgIpc) is 3.84.